The minimum Gasteiger partial charge on any atom is -0.706 e. The summed E-state index contributed by atoms with van der Waals surface area (Å²) in [5.41, 5.74) is 8.51. The van der Waals surface area contributed by atoms with Gasteiger partial charge in [-0.1, -0.05) is 0 Å². The SMILES string of the molecule is [C-]#[O+].[C-]#[O+].[Mo].[N-]=Nc1ccc([N+](=O)[O-])cc1.c1cc[cH-]c1. The minimum atomic E-state index is -0.513. The molecule has 7 nitrogen and oxygen atoms in total. The number of rotatable bonds is 2. The second-order valence-corrected chi connectivity index (χ2v) is 2.84. The fraction of sp³-hybridized carbons (Fsp3) is 0. The molecule has 0 aliphatic heterocycles. The molecule has 21 heavy (non-hydrogen) atoms. The predicted molar refractivity (Wildman–Crippen MR) is 68.4 cm³/mol. The Hall–Kier alpha value is -2.26. The number of benzene rings is 1. The summed E-state index contributed by atoms with van der Waals surface area (Å²) in [7, 11) is 0. The minimum absolute atomic E-state index is 0. The van der Waals surface area contributed by atoms with Crippen LogP contribution in [0.15, 0.2) is 59.7 Å². The van der Waals surface area contributed by atoms with Crippen LogP contribution in [0.3, 0.4) is 0 Å². The van der Waals surface area contributed by atoms with Crippen molar-refractivity contribution in [3.05, 3.63) is 83.5 Å². The van der Waals surface area contributed by atoms with E-state index in [4.69, 9.17) is 14.8 Å². The van der Waals surface area contributed by atoms with Crippen LogP contribution in [0.25, 0.3) is 5.53 Å². The average molecular weight is 367 g/mol. The topological polar surface area (TPSA) is 118 Å². The monoisotopic (exact) mass is 369 g/mol. The molecule has 0 aromatic heterocycles. The van der Waals surface area contributed by atoms with Crippen LogP contribution in [-0.4, -0.2) is 4.92 Å². The third-order valence-electron chi connectivity index (χ3n) is 1.73. The van der Waals surface area contributed by atoms with Crippen molar-refractivity contribution in [2.75, 3.05) is 0 Å². The normalized spacial score (nSPS) is 6.86. The third kappa shape index (κ3) is 12.5. The summed E-state index contributed by atoms with van der Waals surface area (Å²) in [5, 5.41) is 13.0. The van der Waals surface area contributed by atoms with Crippen molar-refractivity contribution in [3.8, 4) is 0 Å². The maximum absolute atomic E-state index is 10.1. The summed E-state index contributed by atoms with van der Waals surface area (Å²) in [6.07, 6.45) is 0. The van der Waals surface area contributed by atoms with Gasteiger partial charge in [0.05, 0.1) is 4.92 Å². The molecule has 0 atom stereocenters. The maximum Gasteiger partial charge on any atom is 0.269 e. The number of non-ortho nitro benzene ring substituents is 1. The van der Waals surface area contributed by atoms with Crippen LogP contribution in [-0.2, 0) is 30.4 Å². The number of nitrogens with zero attached hydrogens (tertiary/aromatic N) is 3. The van der Waals surface area contributed by atoms with Crippen molar-refractivity contribution >= 4 is 11.4 Å². The van der Waals surface area contributed by atoms with Crippen molar-refractivity contribution in [2.45, 2.75) is 0 Å². The Labute approximate surface area is 135 Å². The molecule has 2 aromatic rings. The number of hydrogen-bond acceptors (Lipinski definition) is 3. The smallest absolute Gasteiger partial charge is 0.269 e. The van der Waals surface area contributed by atoms with E-state index in [-0.39, 0.29) is 26.8 Å². The largest absolute Gasteiger partial charge is 0.706 e. The Morgan fingerprint density at radius 2 is 1.52 bits per heavy atom. The molecule has 0 saturated heterocycles. The Balaban J connectivity index is -0.000000273. The second kappa shape index (κ2) is 17.7. The van der Waals surface area contributed by atoms with Crippen molar-refractivity contribution in [1.29, 1.82) is 0 Å². The van der Waals surface area contributed by atoms with Gasteiger partial charge in [-0.05, 0) is 12.1 Å². The van der Waals surface area contributed by atoms with Crippen LogP contribution in [0, 0.1) is 23.4 Å². The zero-order valence-electron chi connectivity index (χ0n) is 10.6. The van der Waals surface area contributed by atoms with E-state index in [1.165, 1.54) is 24.3 Å². The molecule has 0 saturated carbocycles. The van der Waals surface area contributed by atoms with Gasteiger partial charge in [0, 0.05) is 38.9 Å². The number of hydrogen-bond donors (Lipinski definition) is 0. The molecule has 0 aliphatic rings. The van der Waals surface area contributed by atoms with Gasteiger partial charge in [-0.15, -0.1) is 0 Å². The van der Waals surface area contributed by atoms with E-state index in [2.05, 4.69) is 18.4 Å². The molecule has 0 radical (unpaired) electrons. The number of nitro benzene ring substituents is 1. The van der Waals surface area contributed by atoms with Gasteiger partial charge < -0.3 is 10.6 Å². The van der Waals surface area contributed by atoms with Gasteiger partial charge in [-0.3, -0.25) is 10.1 Å². The van der Waals surface area contributed by atoms with Crippen LogP contribution in [0.2, 0.25) is 0 Å². The summed E-state index contributed by atoms with van der Waals surface area (Å²) in [5.74, 6) is 0. The Bertz CT molecular complexity index is 498. The van der Waals surface area contributed by atoms with E-state index in [0.29, 0.717) is 5.69 Å². The van der Waals surface area contributed by atoms with Crippen molar-refractivity contribution in [2.24, 2.45) is 5.11 Å². The van der Waals surface area contributed by atoms with Crippen LogP contribution in [0.4, 0.5) is 11.4 Å². The first-order valence-corrected chi connectivity index (χ1v) is 4.91. The molecule has 108 valence electrons. The Kier molecular flexibility index (Phi) is 20.1. The summed E-state index contributed by atoms with van der Waals surface area (Å²) >= 11 is 0. The molecule has 0 amide bonds. The Morgan fingerprint density at radius 1 is 1.10 bits per heavy atom. The summed E-state index contributed by atoms with van der Waals surface area (Å²) in [4.78, 5) is 9.60. The molecule has 0 N–H and O–H groups in total. The first-order chi connectivity index (χ1) is 9.74. The van der Waals surface area contributed by atoms with Crippen molar-refractivity contribution < 1.29 is 35.3 Å². The third-order valence-corrected chi connectivity index (χ3v) is 1.73. The van der Waals surface area contributed by atoms with Crippen LogP contribution >= 0.6 is 0 Å². The molecule has 0 fully saturated rings. The van der Waals surface area contributed by atoms with Gasteiger partial charge in [0.25, 0.3) is 5.69 Å². The van der Waals surface area contributed by atoms with Crippen LogP contribution < -0.4 is 0 Å². The van der Waals surface area contributed by atoms with Crippen LogP contribution in [0.5, 0.6) is 0 Å². The summed E-state index contributed by atoms with van der Waals surface area (Å²) < 4.78 is 15.0. The molecule has 2 aromatic carbocycles. The molecule has 8 heteroatoms. The molecule has 0 heterocycles. The standard InChI is InChI=1S/C6H4N3O2.C5H5.2CO.Mo/c7-8-5-1-3-6(4-2-5)9(10)11;1-2-4-5-3-1;2*1-2;/h1-4H;1-5H;;;/q2*-1;;;. The maximum atomic E-state index is 10.1. The van der Waals surface area contributed by atoms with E-state index >= 15 is 0 Å². The Morgan fingerprint density at radius 3 is 1.76 bits per heavy atom. The number of nitro groups is 1. The van der Waals surface area contributed by atoms with Gasteiger partial charge in [0.1, 0.15) is 0 Å². The quantitative estimate of drug-likeness (QED) is 0.201. The van der Waals surface area contributed by atoms with E-state index < -0.39 is 4.92 Å². The fourth-order valence-electron chi connectivity index (χ4n) is 0.962. The van der Waals surface area contributed by atoms with Crippen molar-refractivity contribution in [3.63, 3.8) is 0 Å². The molecular weight excluding hydrogens is 358 g/mol. The first-order valence-electron chi connectivity index (χ1n) is 4.91. The molecule has 0 aliphatic carbocycles. The van der Waals surface area contributed by atoms with Crippen LogP contribution in [0.1, 0.15) is 0 Å². The van der Waals surface area contributed by atoms with Gasteiger partial charge in [-0.25, -0.2) is 12.1 Å². The zero-order chi connectivity index (χ0) is 15.8. The van der Waals surface area contributed by atoms with Gasteiger partial charge in [0.15, 0.2) is 0 Å². The molecule has 0 bridgehead atoms. The van der Waals surface area contributed by atoms with Gasteiger partial charge >= 0.3 is 22.6 Å². The van der Waals surface area contributed by atoms with Gasteiger partial charge in [0.2, 0.25) is 0 Å². The van der Waals surface area contributed by atoms with Gasteiger partial charge in [-0.2, -0.15) is 18.2 Å². The summed E-state index contributed by atoms with van der Waals surface area (Å²) in [6, 6.07) is 15.3. The van der Waals surface area contributed by atoms with E-state index in [1.54, 1.807) is 0 Å². The molecule has 0 spiro atoms. The summed E-state index contributed by atoms with van der Waals surface area (Å²) in [6.45, 7) is 9.00. The molecule has 2 rings (SSSR count). The van der Waals surface area contributed by atoms with E-state index in [0.717, 1.165) is 0 Å². The zero-order valence-corrected chi connectivity index (χ0v) is 12.6. The van der Waals surface area contributed by atoms with Crippen molar-refractivity contribution in [1.82, 2.24) is 0 Å². The molecule has 0 unspecified atom stereocenters. The average Bonchev–Trinajstić information content (AvgIpc) is 3.11. The van der Waals surface area contributed by atoms with E-state index in [9.17, 15) is 10.1 Å². The predicted octanol–water partition coefficient (Wildman–Crippen LogP) is 3.58. The first kappa shape index (κ1) is 23.8. The fourth-order valence-corrected chi connectivity index (χ4v) is 0.962. The second-order valence-electron chi connectivity index (χ2n) is 2.84. The molecular formula is C13H9MoN3O4-2. The van der Waals surface area contributed by atoms with E-state index in [1.807, 2.05) is 30.3 Å².